The summed E-state index contributed by atoms with van der Waals surface area (Å²) in [7, 11) is 0. The zero-order valence-corrected chi connectivity index (χ0v) is 12.3. The third-order valence-corrected chi connectivity index (χ3v) is 2.23. The molecule has 3 heteroatoms. The highest BCUT2D eigenvalue weighted by atomic mass is 32.1. The molecule has 1 heterocycles. The molecule has 1 amide bonds. The highest BCUT2D eigenvalue weighted by Crippen LogP contribution is 2.05. The number of amides is 1. The van der Waals surface area contributed by atoms with Gasteiger partial charge in [0, 0.05) is 0 Å². The zero-order valence-electron chi connectivity index (χ0n) is 11.5. The SMILES string of the molecule is CC.CC.CC#CCNC(=O)Cc1ccsc1. The van der Waals surface area contributed by atoms with E-state index in [4.69, 9.17) is 0 Å². The molecule has 0 spiro atoms. The Kier molecular flexibility index (Phi) is 15.7. The van der Waals surface area contributed by atoms with Gasteiger partial charge in [0.25, 0.3) is 0 Å². The lowest BCUT2D eigenvalue weighted by atomic mass is 10.2. The maximum atomic E-state index is 11.2. The summed E-state index contributed by atoms with van der Waals surface area (Å²) in [4.78, 5) is 11.2. The van der Waals surface area contributed by atoms with Crippen LogP contribution >= 0.6 is 11.3 Å². The Morgan fingerprint density at radius 3 is 2.47 bits per heavy atom. The Labute approximate surface area is 109 Å². The topological polar surface area (TPSA) is 29.1 Å². The van der Waals surface area contributed by atoms with Gasteiger partial charge in [-0.25, -0.2) is 0 Å². The fourth-order valence-corrected chi connectivity index (χ4v) is 1.54. The molecule has 0 saturated heterocycles. The lowest BCUT2D eigenvalue weighted by Crippen LogP contribution is -2.25. The number of nitrogens with one attached hydrogen (secondary N) is 1. The van der Waals surface area contributed by atoms with Gasteiger partial charge in [-0.05, 0) is 29.3 Å². The van der Waals surface area contributed by atoms with Crippen molar-refractivity contribution in [3.63, 3.8) is 0 Å². The van der Waals surface area contributed by atoms with E-state index in [0.29, 0.717) is 13.0 Å². The van der Waals surface area contributed by atoms with Gasteiger partial charge in [0.2, 0.25) is 5.91 Å². The van der Waals surface area contributed by atoms with Crippen LogP contribution in [0, 0.1) is 11.8 Å². The van der Waals surface area contributed by atoms with E-state index in [1.807, 2.05) is 44.5 Å². The Bertz CT molecular complexity index is 320. The average molecular weight is 253 g/mol. The van der Waals surface area contributed by atoms with Crippen LogP contribution < -0.4 is 5.32 Å². The van der Waals surface area contributed by atoms with Crippen LogP contribution in [0.4, 0.5) is 0 Å². The van der Waals surface area contributed by atoms with Gasteiger partial charge < -0.3 is 5.32 Å². The summed E-state index contributed by atoms with van der Waals surface area (Å²) in [5, 5.41) is 6.66. The van der Waals surface area contributed by atoms with Crippen molar-refractivity contribution in [2.24, 2.45) is 0 Å². The number of thiophene rings is 1. The molecule has 1 aromatic rings. The minimum Gasteiger partial charge on any atom is -0.345 e. The van der Waals surface area contributed by atoms with Crippen molar-refractivity contribution in [2.45, 2.75) is 41.0 Å². The normalized spacial score (nSPS) is 7.35. The van der Waals surface area contributed by atoms with Crippen LogP contribution in [-0.4, -0.2) is 12.5 Å². The average Bonchev–Trinajstić information content (AvgIpc) is 2.87. The van der Waals surface area contributed by atoms with Gasteiger partial charge in [0.05, 0.1) is 13.0 Å². The van der Waals surface area contributed by atoms with Crippen LogP contribution in [0.1, 0.15) is 40.2 Å². The van der Waals surface area contributed by atoms with Crippen LogP contribution in [-0.2, 0) is 11.2 Å². The molecule has 0 atom stereocenters. The van der Waals surface area contributed by atoms with E-state index in [-0.39, 0.29) is 5.91 Å². The fraction of sp³-hybridized carbons (Fsp3) is 0.500. The second-order valence-corrected chi connectivity index (χ2v) is 3.29. The van der Waals surface area contributed by atoms with Crippen LogP contribution in [0.3, 0.4) is 0 Å². The zero-order chi connectivity index (χ0) is 13.5. The van der Waals surface area contributed by atoms with E-state index in [2.05, 4.69) is 17.2 Å². The highest BCUT2D eigenvalue weighted by molar-refractivity contribution is 7.07. The predicted octanol–water partition coefficient (Wildman–Crippen LogP) is 3.48. The van der Waals surface area contributed by atoms with Gasteiger partial charge in [-0.2, -0.15) is 11.3 Å². The molecule has 0 saturated carbocycles. The first kappa shape index (κ1) is 18.1. The predicted molar refractivity (Wildman–Crippen MR) is 77.2 cm³/mol. The van der Waals surface area contributed by atoms with Crippen LogP contribution in [0.15, 0.2) is 16.8 Å². The Morgan fingerprint density at radius 1 is 1.35 bits per heavy atom. The number of hydrogen-bond acceptors (Lipinski definition) is 2. The summed E-state index contributed by atoms with van der Waals surface area (Å²) in [6.45, 7) is 10.2. The standard InChI is InChI=1S/C10H11NOS.2C2H6/c1-2-3-5-11-10(12)7-9-4-6-13-8-9;2*1-2/h4,6,8H,5,7H2,1H3,(H,11,12);2*1-2H3. The maximum absolute atomic E-state index is 11.2. The molecule has 1 rings (SSSR count). The smallest absolute Gasteiger partial charge is 0.225 e. The molecular formula is C14H23NOS. The molecule has 0 radical (unpaired) electrons. The minimum atomic E-state index is 0.0288. The Morgan fingerprint density at radius 2 is 2.00 bits per heavy atom. The molecule has 0 bridgehead atoms. The molecule has 0 fully saturated rings. The quantitative estimate of drug-likeness (QED) is 0.821. The van der Waals surface area contributed by atoms with Crippen molar-refractivity contribution in [2.75, 3.05) is 6.54 Å². The number of hydrogen-bond donors (Lipinski definition) is 1. The van der Waals surface area contributed by atoms with Crippen molar-refractivity contribution in [3.8, 4) is 11.8 Å². The van der Waals surface area contributed by atoms with E-state index in [1.54, 1.807) is 18.3 Å². The van der Waals surface area contributed by atoms with E-state index in [0.717, 1.165) is 5.56 Å². The van der Waals surface area contributed by atoms with Crippen LogP contribution in [0.2, 0.25) is 0 Å². The first-order valence-electron chi connectivity index (χ1n) is 6.00. The van der Waals surface area contributed by atoms with Crippen molar-refractivity contribution >= 4 is 17.2 Å². The number of carbonyl (C=O) groups excluding carboxylic acids is 1. The summed E-state index contributed by atoms with van der Waals surface area (Å²) in [6, 6.07) is 1.95. The second kappa shape index (κ2) is 14.7. The number of rotatable bonds is 3. The van der Waals surface area contributed by atoms with E-state index in [9.17, 15) is 4.79 Å². The Balaban J connectivity index is 0. The molecule has 2 nitrogen and oxygen atoms in total. The van der Waals surface area contributed by atoms with Gasteiger partial charge in [-0.3, -0.25) is 4.79 Å². The molecule has 0 aliphatic heterocycles. The fourth-order valence-electron chi connectivity index (χ4n) is 0.872. The second-order valence-electron chi connectivity index (χ2n) is 2.51. The van der Waals surface area contributed by atoms with Crippen LogP contribution in [0.5, 0.6) is 0 Å². The summed E-state index contributed by atoms with van der Waals surface area (Å²) in [6.07, 6.45) is 0.453. The van der Waals surface area contributed by atoms with Gasteiger partial charge >= 0.3 is 0 Å². The molecule has 17 heavy (non-hydrogen) atoms. The third kappa shape index (κ3) is 11.0. The van der Waals surface area contributed by atoms with Crippen molar-refractivity contribution < 1.29 is 4.79 Å². The van der Waals surface area contributed by atoms with Crippen molar-refractivity contribution in [1.82, 2.24) is 5.32 Å². The molecule has 0 unspecified atom stereocenters. The van der Waals surface area contributed by atoms with E-state index >= 15 is 0 Å². The number of carbonyl (C=O) groups is 1. The molecular weight excluding hydrogens is 230 g/mol. The first-order chi connectivity index (χ1) is 8.33. The first-order valence-corrected chi connectivity index (χ1v) is 6.94. The van der Waals surface area contributed by atoms with Gasteiger partial charge in [-0.1, -0.05) is 33.6 Å². The molecule has 0 aromatic carbocycles. The lowest BCUT2D eigenvalue weighted by Gasteiger charge is -1.98. The Hall–Kier alpha value is -1.27. The molecule has 96 valence electrons. The summed E-state index contributed by atoms with van der Waals surface area (Å²) in [5.74, 6) is 5.53. The molecule has 1 aromatic heterocycles. The molecule has 1 N–H and O–H groups in total. The van der Waals surface area contributed by atoms with E-state index in [1.165, 1.54) is 0 Å². The van der Waals surface area contributed by atoms with Crippen molar-refractivity contribution in [3.05, 3.63) is 22.4 Å². The van der Waals surface area contributed by atoms with Gasteiger partial charge in [0.1, 0.15) is 0 Å². The molecule has 0 aliphatic carbocycles. The van der Waals surface area contributed by atoms with Crippen molar-refractivity contribution in [1.29, 1.82) is 0 Å². The summed E-state index contributed by atoms with van der Waals surface area (Å²) >= 11 is 1.60. The van der Waals surface area contributed by atoms with Gasteiger partial charge in [-0.15, -0.1) is 5.92 Å². The largest absolute Gasteiger partial charge is 0.345 e. The molecule has 0 aliphatic rings. The monoisotopic (exact) mass is 253 g/mol. The highest BCUT2D eigenvalue weighted by Gasteiger charge is 2.01. The summed E-state index contributed by atoms with van der Waals surface area (Å²) in [5.41, 5.74) is 1.06. The summed E-state index contributed by atoms with van der Waals surface area (Å²) < 4.78 is 0. The maximum Gasteiger partial charge on any atom is 0.225 e. The van der Waals surface area contributed by atoms with Gasteiger partial charge in [0.15, 0.2) is 0 Å². The van der Waals surface area contributed by atoms with Crippen LogP contribution in [0.25, 0.3) is 0 Å². The van der Waals surface area contributed by atoms with E-state index < -0.39 is 0 Å². The third-order valence-electron chi connectivity index (χ3n) is 1.50. The lowest BCUT2D eigenvalue weighted by molar-refractivity contribution is -0.120. The minimum absolute atomic E-state index is 0.0288.